The maximum atomic E-state index is 13.6. The van der Waals surface area contributed by atoms with Crippen LogP contribution >= 0.6 is 11.6 Å². The van der Waals surface area contributed by atoms with Crippen molar-refractivity contribution >= 4 is 33.8 Å². The number of carbonyl (C=O) groups is 1. The van der Waals surface area contributed by atoms with E-state index in [0.29, 0.717) is 40.1 Å². The van der Waals surface area contributed by atoms with Gasteiger partial charge in [0.1, 0.15) is 0 Å². The number of hydrogen-bond acceptors (Lipinski definition) is 4. The molecular weight excluding hydrogens is 414 g/mol. The van der Waals surface area contributed by atoms with Crippen LogP contribution in [0.5, 0.6) is 0 Å². The number of ether oxygens (including phenoxy) is 1. The molecule has 2 aromatic carbocycles. The first kappa shape index (κ1) is 19.7. The molecule has 0 N–H and O–H groups in total. The minimum absolute atomic E-state index is 0.0135. The van der Waals surface area contributed by atoms with Gasteiger partial charge in [-0.1, -0.05) is 48.0 Å². The van der Waals surface area contributed by atoms with Crippen molar-refractivity contribution in [2.45, 2.75) is 12.5 Å². The van der Waals surface area contributed by atoms with Gasteiger partial charge in [-0.15, -0.1) is 0 Å². The highest BCUT2D eigenvalue weighted by atomic mass is 35.5. The second-order valence-corrected chi connectivity index (χ2v) is 8.11. The molecule has 1 amide bonds. The molecule has 31 heavy (non-hydrogen) atoms. The Hall–Kier alpha value is -3.22. The van der Waals surface area contributed by atoms with Crippen LogP contribution in [-0.4, -0.2) is 46.7 Å². The van der Waals surface area contributed by atoms with Crippen molar-refractivity contribution in [3.05, 3.63) is 81.7 Å². The molecule has 1 fully saturated rings. The molecule has 1 saturated heterocycles. The first-order chi connectivity index (χ1) is 15.1. The smallest absolute Gasteiger partial charge is 0.279 e. The number of methoxy groups -OCH3 is 1. The van der Waals surface area contributed by atoms with Gasteiger partial charge in [-0.05, 0) is 30.2 Å². The molecule has 4 aromatic rings. The molecule has 1 aliphatic rings. The number of aromatic nitrogens is 2. The van der Waals surface area contributed by atoms with E-state index < -0.39 is 0 Å². The Bertz CT molecular complexity index is 1370. The second kappa shape index (κ2) is 7.80. The molecule has 0 radical (unpaired) electrons. The van der Waals surface area contributed by atoms with E-state index in [-0.39, 0.29) is 17.6 Å². The van der Waals surface area contributed by atoms with Gasteiger partial charge < -0.3 is 9.64 Å². The van der Waals surface area contributed by atoms with Gasteiger partial charge in [0.15, 0.2) is 0 Å². The summed E-state index contributed by atoms with van der Waals surface area (Å²) >= 11 is 6.26. The van der Waals surface area contributed by atoms with Crippen LogP contribution in [0.3, 0.4) is 0 Å². The Kier molecular flexibility index (Phi) is 4.96. The lowest BCUT2D eigenvalue weighted by molar-refractivity contribution is 0.0725. The molecule has 0 spiro atoms. The average Bonchev–Trinajstić information content (AvgIpc) is 3.29. The molecule has 0 saturated carbocycles. The van der Waals surface area contributed by atoms with Gasteiger partial charge in [-0.25, -0.2) is 0 Å². The predicted molar refractivity (Wildman–Crippen MR) is 121 cm³/mol. The Balaban J connectivity index is 1.82. The van der Waals surface area contributed by atoms with Crippen LogP contribution in [0, 0.1) is 0 Å². The molecule has 0 bridgehead atoms. The lowest BCUT2D eigenvalue weighted by Gasteiger charge is -2.19. The van der Waals surface area contributed by atoms with E-state index in [0.717, 1.165) is 17.4 Å². The molecule has 1 unspecified atom stereocenters. The summed E-state index contributed by atoms with van der Waals surface area (Å²) in [6.45, 7) is 1.11. The fourth-order valence-corrected chi connectivity index (χ4v) is 4.37. The fourth-order valence-electron chi connectivity index (χ4n) is 4.20. The summed E-state index contributed by atoms with van der Waals surface area (Å²) in [5.41, 5.74) is 1.78. The Morgan fingerprint density at radius 1 is 1.16 bits per heavy atom. The molecule has 6 nitrogen and oxygen atoms in total. The van der Waals surface area contributed by atoms with E-state index in [1.807, 2.05) is 36.4 Å². The van der Waals surface area contributed by atoms with E-state index in [4.69, 9.17) is 16.3 Å². The third-order valence-corrected chi connectivity index (χ3v) is 6.08. The van der Waals surface area contributed by atoms with Crippen LogP contribution < -0.4 is 5.56 Å². The van der Waals surface area contributed by atoms with Crippen molar-refractivity contribution in [3.63, 3.8) is 0 Å². The third kappa shape index (κ3) is 3.38. The van der Waals surface area contributed by atoms with Gasteiger partial charge in [-0.3, -0.25) is 9.59 Å². The van der Waals surface area contributed by atoms with Crippen molar-refractivity contribution < 1.29 is 9.53 Å². The predicted octanol–water partition coefficient (Wildman–Crippen LogP) is 4.03. The zero-order valence-corrected chi connectivity index (χ0v) is 17.7. The van der Waals surface area contributed by atoms with Crippen LogP contribution in [0.4, 0.5) is 0 Å². The van der Waals surface area contributed by atoms with E-state index in [1.165, 1.54) is 4.52 Å². The number of amides is 1. The van der Waals surface area contributed by atoms with Gasteiger partial charge >= 0.3 is 0 Å². The maximum Gasteiger partial charge on any atom is 0.279 e. The number of fused-ring (bicyclic) bond motifs is 3. The first-order valence-corrected chi connectivity index (χ1v) is 10.5. The fraction of sp³-hybridized carbons (Fsp3) is 0.208. The van der Waals surface area contributed by atoms with Gasteiger partial charge in [0, 0.05) is 41.6 Å². The third-order valence-electron chi connectivity index (χ3n) is 5.84. The zero-order valence-electron chi connectivity index (χ0n) is 16.9. The second-order valence-electron chi connectivity index (χ2n) is 7.68. The van der Waals surface area contributed by atoms with E-state index in [1.54, 1.807) is 36.4 Å². The summed E-state index contributed by atoms with van der Waals surface area (Å²) in [4.78, 5) is 28.8. The quantitative estimate of drug-likeness (QED) is 0.457. The van der Waals surface area contributed by atoms with Crippen molar-refractivity contribution in [3.8, 4) is 11.1 Å². The molecule has 1 aliphatic heterocycles. The molecular formula is C24H20ClN3O3. The maximum absolute atomic E-state index is 13.6. The minimum Gasteiger partial charge on any atom is -0.380 e. The van der Waals surface area contributed by atoms with Gasteiger partial charge in [0.05, 0.1) is 23.4 Å². The van der Waals surface area contributed by atoms with Crippen molar-refractivity contribution in [2.75, 3.05) is 20.2 Å². The first-order valence-electron chi connectivity index (χ1n) is 10.1. The lowest BCUT2D eigenvalue weighted by Crippen LogP contribution is -2.32. The van der Waals surface area contributed by atoms with E-state index in [2.05, 4.69) is 5.10 Å². The van der Waals surface area contributed by atoms with Crippen molar-refractivity contribution in [1.82, 2.24) is 14.5 Å². The summed E-state index contributed by atoms with van der Waals surface area (Å²) in [6.07, 6.45) is 2.42. The SMILES string of the molecule is COC1CCN(C(=O)c2cc(-c3ccccc3)c(=O)n3ncc4ccc(Cl)cc4c23)C1. The van der Waals surface area contributed by atoms with Crippen molar-refractivity contribution in [1.29, 1.82) is 0 Å². The Labute approximate surface area is 183 Å². The molecule has 2 aromatic heterocycles. The number of rotatable bonds is 3. The topological polar surface area (TPSA) is 63.9 Å². The number of nitrogens with zero attached hydrogens (tertiary/aromatic N) is 3. The largest absolute Gasteiger partial charge is 0.380 e. The lowest BCUT2D eigenvalue weighted by atomic mass is 10.0. The summed E-state index contributed by atoms with van der Waals surface area (Å²) in [6, 6.07) is 16.4. The molecule has 0 aliphatic carbocycles. The highest BCUT2D eigenvalue weighted by Crippen LogP contribution is 2.28. The van der Waals surface area contributed by atoms with Crippen LogP contribution in [-0.2, 0) is 4.74 Å². The van der Waals surface area contributed by atoms with Crippen LogP contribution in [0.2, 0.25) is 5.02 Å². The van der Waals surface area contributed by atoms with Gasteiger partial charge in [0.2, 0.25) is 0 Å². The summed E-state index contributed by atoms with van der Waals surface area (Å²) in [5, 5.41) is 6.44. The summed E-state index contributed by atoms with van der Waals surface area (Å²) in [5.74, 6) is -0.150. The number of pyridine rings is 1. The van der Waals surface area contributed by atoms with Crippen LogP contribution in [0.15, 0.2) is 65.6 Å². The Morgan fingerprint density at radius 2 is 1.97 bits per heavy atom. The summed E-state index contributed by atoms with van der Waals surface area (Å²) in [7, 11) is 1.66. The van der Waals surface area contributed by atoms with E-state index in [9.17, 15) is 9.59 Å². The van der Waals surface area contributed by atoms with E-state index >= 15 is 0 Å². The Morgan fingerprint density at radius 3 is 2.71 bits per heavy atom. The number of hydrogen-bond donors (Lipinski definition) is 0. The number of halogens is 1. The number of carbonyl (C=O) groups excluding carboxylic acids is 1. The standard InChI is InChI=1S/C24H20ClN3O3/c1-31-18-9-10-27(14-18)23(29)21-12-20(15-5-3-2-4-6-15)24(30)28-22(21)19-11-17(25)8-7-16(19)13-26-28/h2-8,11-13,18H,9-10,14H2,1H3. The zero-order chi connectivity index (χ0) is 21.5. The molecule has 7 heteroatoms. The minimum atomic E-state index is -0.282. The van der Waals surface area contributed by atoms with Gasteiger partial charge in [0.25, 0.3) is 11.5 Å². The highest BCUT2D eigenvalue weighted by Gasteiger charge is 2.29. The van der Waals surface area contributed by atoms with Gasteiger partial charge in [-0.2, -0.15) is 9.61 Å². The normalized spacial score (nSPS) is 16.3. The highest BCUT2D eigenvalue weighted by molar-refractivity contribution is 6.31. The molecule has 5 rings (SSSR count). The molecule has 3 heterocycles. The molecule has 156 valence electrons. The summed E-state index contributed by atoms with van der Waals surface area (Å²) < 4.78 is 6.75. The average molecular weight is 434 g/mol. The van der Waals surface area contributed by atoms with Crippen LogP contribution in [0.1, 0.15) is 16.8 Å². The number of benzene rings is 2. The molecule has 1 atom stereocenters. The monoisotopic (exact) mass is 433 g/mol. The van der Waals surface area contributed by atoms with Crippen molar-refractivity contribution in [2.24, 2.45) is 0 Å². The number of likely N-dealkylation sites (tertiary alicyclic amines) is 1. The van der Waals surface area contributed by atoms with Crippen LogP contribution in [0.25, 0.3) is 27.4 Å².